The van der Waals surface area contributed by atoms with Gasteiger partial charge in [-0.2, -0.15) is 0 Å². The highest BCUT2D eigenvalue weighted by Crippen LogP contribution is 2.25. The van der Waals surface area contributed by atoms with Crippen molar-refractivity contribution < 1.29 is 5.11 Å². The first kappa shape index (κ1) is 14.0. The molecule has 1 N–H and O–H groups in total. The maximum absolute atomic E-state index is 11.9. The minimum absolute atomic E-state index is 0.0925. The van der Waals surface area contributed by atoms with Gasteiger partial charge in [0.1, 0.15) is 0 Å². The number of aliphatic hydroxyl groups is 1. The zero-order valence-corrected chi connectivity index (χ0v) is 11.5. The summed E-state index contributed by atoms with van der Waals surface area (Å²) in [5, 5.41) is 9.13. The third-order valence-corrected chi connectivity index (χ3v) is 3.97. The summed E-state index contributed by atoms with van der Waals surface area (Å²) in [6.07, 6.45) is 3.46. The number of nitrogens with zero attached hydrogens (tertiary/aromatic N) is 3. The summed E-state index contributed by atoms with van der Waals surface area (Å²) in [5.41, 5.74) is 0.115. The van der Waals surface area contributed by atoms with Crippen molar-refractivity contribution in [3.05, 3.63) is 32.6 Å². The molecule has 0 amide bonds. The Balaban J connectivity index is 2.26. The summed E-state index contributed by atoms with van der Waals surface area (Å²) in [6.45, 7) is 1.20. The van der Waals surface area contributed by atoms with Crippen molar-refractivity contribution in [1.29, 1.82) is 0 Å². The zero-order valence-electron chi connectivity index (χ0n) is 11.5. The number of rotatable bonds is 5. The van der Waals surface area contributed by atoms with Gasteiger partial charge in [-0.05, 0) is 12.8 Å². The summed E-state index contributed by atoms with van der Waals surface area (Å²) >= 11 is 0. The van der Waals surface area contributed by atoms with Crippen LogP contribution in [0.4, 0.5) is 0 Å². The molecule has 1 saturated carbocycles. The molecule has 0 radical (unpaired) electrons. The standard InChI is InChI=1S/C13H21N3O3/c1-14-11(8-12(18)15(2)13(14)19)9-16(6-7-17)10-4-3-5-10/h8,10,17H,3-7,9H2,1-2H3. The van der Waals surface area contributed by atoms with E-state index in [0.717, 1.165) is 17.4 Å². The molecule has 106 valence electrons. The third-order valence-electron chi connectivity index (χ3n) is 3.97. The highest BCUT2D eigenvalue weighted by atomic mass is 16.3. The molecule has 0 saturated heterocycles. The molecule has 1 aromatic heterocycles. The minimum Gasteiger partial charge on any atom is -0.395 e. The van der Waals surface area contributed by atoms with E-state index in [2.05, 4.69) is 4.90 Å². The molecule has 6 nitrogen and oxygen atoms in total. The number of aromatic nitrogens is 2. The van der Waals surface area contributed by atoms with Crippen LogP contribution in [0.3, 0.4) is 0 Å². The van der Waals surface area contributed by atoms with Gasteiger partial charge in [0.15, 0.2) is 0 Å². The summed E-state index contributed by atoms with van der Waals surface area (Å²) < 4.78 is 2.60. The average molecular weight is 267 g/mol. The Hall–Kier alpha value is -1.40. The molecule has 6 heteroatoms. The topological polar surface area (TPSA) is 67.5 Å². The van der Waals surface area contributed by atoms with Crippen LogP contribution in [-0.2, 0) is 20.6 Å². The van der Waals surface area contributed by atoms with E-state index in [1.165, 1.54) is 24.1 Å². The van der Waals surface area contributed by atoms with Crippen LogP contribution in [0.5, 0.6) is 0 Å². The summed E-state index contributed by atoms with van der Waals surface area (Å²) in [5.74, 6) is 0. The minimum atomic E-state index is -0.306. The van der Waals surface area contributed by atoms with Crippen LogP contribution in [0.1, 0.15) is 25.0 Å². The molecule has 1 aliphatic carbocycles. The molecule has 19 heavy (non-hydrogen) atoms. The Morgan fingerprint density at radius 1 is 1.32 bits per heavy atom. The molecule has 0 atom stereocenters. The molecule has 0 aliphatic heterocycles. The van der Waals surface area contributed by atoms with E-state index in [-0.39, 0.29) is 17.9 Å². The highest BCUT2D eigenvalue weighted by molar-refractivity contribution is 5.03. The predicted molar refractivity (Wildman–Crippen MR) is 72.1 cm³/mol. The van der Waals surface area contributed by atoms with Crippen molar-refractivity contribution in [3.8, 4) is 0 Å². The van der Waals surface area contributed by atoms with Gasteiger partial charge in [-0.15, -0.1) is 0 Å². The fraction of sp³-hybridized carbons (Fsp3) is 0.692. The highest BCUT2D eigenvalue weighted by Gasteiger charge is 2.25. The number of aliphatic hydroxyl groups excluding tert-OH is 1. The Morgan fingerprint density at radius 2 is 2.00 bits per heavy atom. The lowest BCUT2D eigenvalue weighted by Crippen LogP contribution is -2.44. The van der Waals surface area contributed by atoms with Crippen LogP contribution in [0.2, 0.25) is 0 Å². The molecular formula is C13H21N3O3. The molecule has 1 fully saturated rings. The average Bonchev–Trinajstić information content (AvgIpc) is 2.31. The van der Waals surface area contributed by atoms with E-state index < -0.39 is 0 Å². The van der Waals surface area contributed by atoms with Crippen molar-refractivity contribution in [2.45, 2.75) is 31.8 Å². The van der Waals surface area contributed by atoms with Crippen LogP contribution < -0.4 is 11.2 Å². The second-order valence-corrected chi connectivity index (χ2v) is 5.15. The summed E-state index contributed by atoms with van der Waals surface area (Å²) in [6, 6.07) is 1.97. The van der Waals surface area contributed by atoms with Crippen molar-refractivity contribution in [1.82, 2.24) is 14.0 Å². The molecule has 0 unspecified atom stereocenters. The van der Waals surface area contributed by atoms with Crippen LogP contribution in [0, 0.1) is 0 Å². The Labute approximate surface area is 111 Å². The maximum atomic E-state index is 11.9. The SMILES string of the molecule is Cn1c(CN(CCO)C2CCC2)cc(=O)n(C)c1=O. The zero-order chi connectivity index (χ0) is 14.0. The quantitative estimate of drug-likeness (QED) is 0.776. The van der Waals surface area contributed by atoms with Gasteiger partial charge in [0.25, 0.3) is 5.56 Å². The van der Waals surface area contributed by atoms with Gasteiger partial charge < -0.3 is 5.11 Å². The van der Waals surface area contributed by atoms with Gasteiger partial charge in [-0.3, -0.25) is 18.8 Å². The molecule has 2 rings (SSSR count). The lowest BCUT2D eigenvalue weighted by molar-refractivity contribution is 0.0920. The van der Waals surface area contributed by atoms with Crippen LogP contribution >= 0.6 is 0 Å². The summed E-state index contributed by atoms with van der Waals surface area (Å²) in [7, 11) is 3.15. The third kappa shape index (κ3) is 2.79. The van der Waals surface area contributed by atoms with Gasteiger partial charge in [0.2, 0.25) is 0 Å². The first-order chi connectivity index (χ1) is 9.04. The second kappa shape index (κ2) is 5.71. The van der Waals surface area contributed by atoms with E-state index in [9.17, 15) is 9.59 Å². The largest absolute Gasteiger partial charge is 0.395 e. The fourth-order valence-corrected chi connectivity index (χ4v) is 2.41. The van der Waals surface area contributed by atoms with E-state index >= 15 is 0 Å². The summed E-state index contributed by atoms with van der Waals surface area (Å²) in [4.78, 5) is 25.7. The lowest BCUT2D eigenvalue weighted by Gasteiger charge is -2.37. The van der Waals surface area contributed by atoms with Crippen molar-refractivity contribution in [2.24, 2.45) is 14.1 Å². The molecule has 1 aliphatic rings. The van der Waals surface area contributed by atoms with Crippen LogP contribution in [-0.4, -0.2) is 38.3 Å². The van der Waals surface area contributed by atoms with Crippen LogP contribution in [0.25, 0.3) is 0 Å². The first-order valence-corrected chi connectivity index (χ1v) is 6.65. The molecular weight excluding hydrogens is 246 g/mol. The van der Waals surface area contributed by atoms with Crippen molar-refractivity contribution in [2.75, 3.05) is 13.2 Å². The second-order valence-electron chi connectivity index (χ2n) is 5.15. The molecule has 0 bridgehead atoms. The van der Waals surface area contributed by atoms with Gasteiger partial charge in [-0.25, -0.2) is 4.79 Å². The molecule has 0 spiro atoms. The van der Waals surface area contributed by atoms with E-state index in [0.29, 0.717) is 24.8 Å². The van der Waals surface area contributed by atoms with Crippen molar-refractivity contribution >= 4 is 0 Å². The first-order valence-electron chi connectivity index (χ1n) is 6.65. The molecule has 0 aromatic carbocycles. The smallest absolute Gasteiger partial charge is 0.330 e. The van der Waals surface area contributed by atoms with Gasteiger partial charge in [-0.1, -0.05) is 6.42 Å². The lowest BCUT2D eigenvalue weighted by atomic mass is 9.91. The van der Waals surface area contributed by atoms with Crippen molar-refractivity contribution in [3.63, 3.8) is 0 Å². The number of hydrogen-bond acceptors (Lipinski definition) is 4. The maximum Gasteiger partial charge on any atom is 0.330 e. The Kier molecular flexibility index (Phi) is 4.21. The van der Waals surface area contributed by atoms with E-state index in [4.69, 9.17) is 5.11 Å². The fourth-order valence-electron chi connectivity index (χ4n) is 2.41. The van der Waals surface area contributed by atoms with Gasteiger partial charge in [0.05, 0.1) is 6.61 Å². The van der Waals surface area contributed by atoms with Gasteiger partial charge >= 0.3 is 5.69 Å². The Bertz CT molecular complexity index is 557. The van der Waals surface area contributed by atoms with E-state index in [1.54, 1.807) is 7.05 Å². The van der Waals surface area contributed by atoms with E-state index in [1.807, 2.05) is 0 Å². The molecule has 1 heterocycles. The van der Waals surface area contributed by atoms with Crippen LogP contribution in [0.15, 0.2) is 15.7 Å². The predicted octanol–water partition coefficient (Wildman–Crippen LogP) is -0.569. The number of hydrogen-bond donors (Lipinski definition) is 1. The monoisotopic (exact) mass is 267 g/mol. The van der Waals surface area contributed by atoms with Gasteiger partial charge in [0, 0.05) is 45.0 Å². The Morgan fingerprint density at radius 3 is 2.53 bits per heavy atom. The molecule has 1 aromatic rings. The normalized spacial score (nSPS) is 15.8.